The molecule has 0 saturated carbocycles. The van der Waals surface area contributed by atoms with Gasteiger partial charge in [-0.3, -0.25) is 24.5 Å². The number of hydrogen-bond acceptors (Lipinski definition) is 5. The van der Waals surface area contributed by atoms with E-state index in [9.17, 15) is 14.9 Å². The molecule has 0 fully saturated rings. The normalized spacial score (nSPS) is 10.6. The molecule has 7 heteroatoms. The third-order valence-corrected chi connectivity index (χ3v) is 3.42. The molecule has 0 atom stereocenters. The van der Waals surface area contributed by atoms with E-state index in [1.54, 1.807) is 25.4 Å². The van der Waals surface area contributed by atoms with Gasteiger partial charge in [-0.05, 0) is 13.8 Å². The average Bonchev–Trinajstić information content (AvgIpc) is 2.68. The Labute approximate surface area is 107 Å². The Kier molecular flexibility index (Phi) is 3.24. The number of rotatable bonds is 3. The largest absolute Gasteiger partial charge is 0.307 e. The Bertz CT molecular complexity index is 660. The Balaban J connectivity index is 2.47. The van der Waals surface area contributed by atoms with Crippen molar-refractivity contribution in [3.05, 3.63) is 54.4 Å². The topological polar surface area (TPSA) is 78.0 Å². The van der Waals surface area contributed by atoms with Crippen LogP contribution in [0.3, 0.4) is 0 Å². The van der Waals surface area contributed by atoms with Crippen LogP contribution >= 0.6 is 11.3 Å². The summed E-state index contributed by atoms with van der Waals surface area (Å²) in [4.78, 5) is 26.1. The maximum Gasteiger partial charge on any atom is 0.307 e. The predicted octanol–water partition coefficient (Wildman–Crippen LogP) is 1.88. The van der Waals surface area contributed by atoms with E-state index < -0.39 is 4.92 Å². The summed E-state index contributed by atoms with van der Waals surface area (Å²) in [6, 6.07) is 0. The number of aromatic nitrogens is 2. The zero-order chi connectivity index (χ0) is 13.3. The number of aryl methyl sites for hydroxylation is 1. The van der Waals surface area contributed by atoms with Crippen LogP contribution in [0.15, 0.2) is 22.6 Å². The summed E-state index contributed by atoms with van der Waals surface area (Å²) in [5.41, 5.74) is 1.66. The number of nitro groups is 1. The van der Waals surface area contributed by atoms with Crippen molar-refractivity contribution in [2.75, 3.05) is 0 Å². The zero-order valence-corrected chi connectivity index (χ0v) is 10.7. The van der Waals surface area contributed by atoms with Crippen LogP contribution in [0, 0.1) is 24.0 Å². The van der Waals surface area contributed by atoms with E-state index in [2.05, 4.69) is 4.98 Å². The first-order chi connectivity index (χ1) is 8.50. The highest BCUT2D eigenvalue weighted by atomic mass is 32.1. The molecular weight excluding hydrogens is 254 g/mol. The van der Waals surface area contributed by atoms with Crippen LogP contribution in [0.5, 0.6) is 0 Å². The van der Waals surface area contributed by atoms with Crippen molar-refractivity contribution >= 4 is 17.0 Å². The first-order valence-corrected chi connectivity index (χ1v) is 6.12. The molecule has 0 bridgehead atoms. The van der Waals surface area contributed by atoms with Gasteiger partial charge in [0, 0.05) is 23.3 Å². The minimum atomic E-state index is -0.410. The molecule has 0 aliphatic carbocycles. The second-order valence-electron chi connectivity index (χ2n) is 3.92. The molecule has 0 unspecified atom stereocenters. The van der Waals surface area contributed by atoms with Gasteiger partial charge in [-0.15, -0.1) is 0 Å². The molecule has 0 saturated heterocycles. The van der Waals surface area contributed by atoms with E-state index in [1.807, 2.05) is 0 Å². The molecule has 2 aromatic heterocycles. The van der Waals surface area contributed by atoms with Gasteiger partial charge in [0.2, 0.25) is 0 Å². The van der Waals surface area contributed by atoms with Gasteiger partial charge in [0.05, 0.1) is 22.7 Å². The first-order valence-electron chi connectivity index (χ1n) is 5.24. The third kappa shape index (κ3) is 2.17. The van der Waals surface area contributed by atoms with Crippen LogP contribution in [0.25, 0.3) is 0 Å². The zero-order valence-electron chi connectivity index (χ0n) is 9.91. The fourth-order valence-electron chi connectivity index (χ4n) is 1.77. The predicted molar refractivity (Wildman–Crippen MR) is 68.0 cm³/mol. The van der Waals surface area contributed by atoms with Gasteiger partial charge >= 0.3 is 4.87 Å². The van der Waals surface area contributed by atoms with Crippen LogP contribution in [0.4, 0.5) is 5.69 Å². The number of thiazole rings is 1. The van der Waals surface area contributed by atoms with E-state index >= 15 is 0 Å². The molecule has 0 spiro atoms. The summed E-state index contributed by atoms with van der Waals surface area (Å²) in [6.45, 7) is 3.57. The number of hydrogen-bond donors (Lipinski definition) is 0. The highest BCUT2D eigenvalue weighted by molar-refractivity contribution is 7.07. The molecular formula is C11H11N3O3S. The first kappa shape index (κ1) is 12.4. The van der Waals surface area contributed by atoms with Gasteiger partial charge in [0.15, 0.2) is 0 Å². The van der Waals surface area contributed by atoms with Crippen molar-refractivity contribution in [3.63, 3.8) is 0 Å². The fraction of sp³-hybridized carbons (Fsp3) is 0.273. The minimum absolute atomic E-state index is 0.0725. The van der Waals surface area contributed by atoms with Crippen molar-refractivity contribution in [1.29, 1.82) is 0 Å². The second-order valence-corrected chi connectivity index (χ2v) is 4.77. The molecule has 0 N–H and O–H groups in total. The molecule has 2 rings (SSSR count). The van der Waals surface area contributed by atoms with Gasteiger partial charge in [0.25, 0.3) is 5.69 Å². The lowest BCUT2D eigenvalue weighted by Gasteiger charge is -2.07. The lowest BCUT2D eigenvalue weighted by Crippen LogP contribution is -2.15. The molecule has 0 aliphatic heterocycles. The summed E-state index contributed by atoms with van der Waals surface area (Å²) in [5.74, 6) is 0. The maximum atomic E-state index is 11.4. The lowest BCUT2D eigenvalue weighted by atomic mass is 10.1. The maximum absolute atomic E-state index is 11.4. The van der Waals surface area contributed by atoms with Crippen molar-refractivity contribution < 1.29 is 4.92 Å². The van der Waals surface area contributed by atoms with Crippen molar-refractivity contribution in [1.82, 2.24) is 9.55 Å². The average molecular weight is 265 g/mol. The Morgan fingerprint density at radius 2 is 2.22 bits per heavy atom. The van der Waals surface area contributed by atoms with Crippen molar-refractivity contribution in [2.24, 2.45) is 0 Å². The summed E-state index contributed by atoms with van der Waals surface area (Å²) < 4.78 is 1.49. The summed E-state index contributed by atoms with van der Waals surface area (Å²) in [5, 5.41) is 12.7. The molecule has 2 aromatic rings. The Morgan fingerprint density at radius 1 is 1.50 bits per heavy atom. The van der Waals surface area contributed by atoms with Gasteiger partial charge in [0.1, 0.15) is 0 Å². The second kappa shape index (κ2) is 4.69. The van der Waals surface area contributed by atoms with Crippen LogP contribution in [-0.4, -0.2) is 14.5 Å². The smallest absolute Gasteiger partial charge is 0.300 e. The van der Waals surface area contributed by atoms with E-state index in [0.717, 1.165) is 11.3 Å². The molecule has 0 aromatic carbocycles. The lowest BCUT2D eigenvalue weighted by molar-refractivity contribution is -0.386. The van der Waals surface area contributed by atoms with E-state index in [1.165, 1.54) is 10.8 Å². The highest BCUT2D eigenvalue weighted by Crippen LogP contribution is 2.24. The Hall–Kier alpha value is -2.02. The summed E-state index contributed by atoms with van der Waals surface area (Å²) in [7, 11) is 0. The molecule has 94 valence electrons. The van der Waals surface area contributed by atoms with Gasteiger partial charge in [-0.25, -0.2) is 0 Å². The SMILES string of the molecule is Cc1cnc(Cn2ccsc2=O)c(C)c1[N+](=O)[O-]. The number of nitrogens with zero attached hydrogens (tertiary/aromatic N) is 3. The highest BCUT2D eigenvalue weighted by Gasteiger charge is 2.18. The van der Waals surface area contributed by atoms with Crippen LogP contribution in [-0.2, 0) is 6.54 Å². The molecule has 6 nitrogen and oxygen atoms in total. The molecule has 0 aliphatic rings. The van der Waals surface area contributed by atoms with Crippen LogP contribution < -0.4 is 4.87 Å². The monoisotopic (exact) mass is 265 g/mol. The third-order valence-electron chi connectivity index (χ3n) is 2.72. The van der Waals surface area contributed by atoms with Gasteiger partial charge in [-0.2, -0.15) is 0 Å². The van der Waals surface area contributed by atoms with Crippen LogP contribution in [0.1, 0.15) is 16.8 Å². The number of pyridine rings is 1. The van der Waals surface area contributed by atoms with E-state index in [-0.39, 0.29) is 17.1 Å². The Morgan fingerprint density at radius 3 is 2.78 bits per heavy atom. The van der Waals surface area contributed by atoms with Crippen molar-refractivity contribution in [2.45, 2.75) is 20.4 Å². The minimum Gasteiger partial charge on any atom is -0.300 e. The van der Waals surface area contributed by atoms with E-state index in [0.29, 0.717) is 16.8 Å². The molecule has 2 heterocycles. The molecule has 18 heavy (non-hydrogen) atoms. The standard InChI is InChI=1S/C11H11N3O3S/c1-7-5-12-9(8(2)10(7)14(16)17)6-13-3-4-18-11(13)15/h3-5H,6H2,1-2H3. The van der Waals surface area contributed by atoms with Gasteiger partial charge < -0.3 is 0 Å². The summed E-state index contributed by atoms with van der Waals surface area (Å²) in [6.07, 6.45) is 3.12. The fourth-order valence-corrected chi connectivity index (χ4v) is 2.36. The van der Waals surface area contributed by atoms with Crippen molar-refractivity contribution in [3.8, 4) is 0 Å². The quantitative estimate of drug-likeness (QED) is 0.627. The van der Waals surface area contributed by atoms with Crippen LogP contribution in [0.2, 0.25) is 0 Å². The van der Waals surface area contributed by atoms with Gasteiger partial charge in [-0.1, -0.05) is 11.3 Å². The van der Waals surface area contributed by atoms with E-state index in [4.69, 9.17) is 0 Å². The summed E-state index contributed by atoms with van der Waals surface area (Å²) >= 11 is 1.09. The molecule has 0 amide bonds. The molecule has 0 radical (unpaired) electrons.